The van der Waals surface area contributed by atoms with Crippen LogP contribution in [-0.4, -0.2) is 37.0 Å². The predicted molar refractivity (Wildman–Crippen MR) is 91.5 cm³/mol. The van der Waals surface area contributed by atoms with Crippen LogP contribution < -0.4 is 0 Å². The number of ketones is 1. The summed E-state index contributed by atoms with van der Waals surface area (Å²) < 4.78 is 5.48. The number of benzene rings is 2. The molecule has 2 atom stereocenters. The fourth-order valence-electron chi connectivity index (χ4n) is 3.33. The van der Waals surface area contributed by atoms with Crippen LogP contribution in [0.2, 0.25) is 0 Å². The highest BCUT2D eigenvalue weighted by Crippen LogP contribution is 2.31. The van der Waals surface area contributed by atoms with E-state index in [1.807, 2.05) is 55.5 Å². The lowest BCUT2D eigenvalue weighted by Crippen LogP contribution is -2.43. The molecule has 0 spiro atoms. The highest BCUT2D eigenvalue weighted by atomic mass is 16.5. The fraction of sp³-hybridized carbons (Fsp3) is 0.350. The summed E-state index contributed by atoms with van der Waals surface area (Å²) in [5.41, 5.74) is 1.99. The Bertz CT molecular complexity index is 621. The molecule has 23 heavy (non-hydrogen) atoms. The maximum absolute atomic E-state index is 12.9. The van der Waals surface area contributed by atoms with Gasteiger partial charge in [-0.05, 0) is 5.56 Å². The van der Waals surface area contributed by atoms with Crippen LogP contribution in [0.5, 0.6) is 0 Å². The third-order valence-corrected chi connectivity index (χ3v) is 4.53. The summed E-state index contributed by atoms with van der Waals surface area (Å²) in [5.74, 6) is 0.101. The Morgan fingerprint density at radius 1 is 0.957 bits per heavy atom. The molecule has 1 aliphatic heterocycles. The van der Waals surface area contributed by atoms with Gasteiger partial charge in [-0.2, -0.15) is 0 Å². The van der Waals surface area contributed by atoms with Crippen molar-refractivity contribution in [3.05, 3.63) is 71.8 Å². The van der Waals surface area contributed by atoms with Gasteiger partial charge >= 0.3 is 0 Å². The molecule has 3 rings (SSSR count). The number of hydrogen-bond donors (Lipinski definition) is 0. The Morgan fingerprint density at radius 3 is 2.13 bits per heavy atom. The van der Waals surface area contributed by atoms with Gasteiger partial charge in [0.15, 0.2) is 5.78 Å². The molecule has 1 heterocycles. The molecule has 0 saturated carbocycles. The number of hydrogen-bond acceptors (Lipinski definition) is 3. The van der Waals surface area contributed by atoms with Crippen LogP contribution in [0, 0.1) is 5.92 Å². The summed E-state index contributed by atoms with van der Waals surface area (Å²) in [7, 11) is 0. The first kappa shape index (κ1) is 15.9. The average molecular weight is 309 g/mol. The topological polar surface area (TPSA) is 29.5 Å². The Balaban J connectivity index is 1.89. The number of ether oxygens (including phenoxy) is 1. The number of carbonyl (C=O) groups excluding carboxylic acids is 1. The van der Waals surface area contributed by atoms with Crippen molar-refractivity contribution in [2.75, 3.05) is 26.3 Å². The molecule has 1 aliphatic rings. The lowest BCUT2D eigenvalue weighted by atomic mass is 9.86. The molecule has 2 aromatic carbocycles. The maximum atomic E-state index is 12.9. The van der Waals surface area contributed by atoms with E-state index in [2.05, 4.69) is 17.0 Å². The molecule has 0 aliphatic carbocycles. The minimum Gasteiger partial charge on any atom is -0.379 e. The van der Waals surface area contributed by atoms with E-state index in [0.29, 0.717) is 0 Å². The van der Waals surface area contributed by atoms with E-state index in [1.54, 1.807) is 0 Å². The molecular formula is C20H23NO2. The third-order valence-electron chi connectivity index (χ3n) is 4.53. The second-order valence-corrected chi connectivity index (χ2v) is 6.02. The van der Waals surface area contributed by atoms with E-state index in [-0.39, 0.29) is 17.7 Å². The van der Waals surface area contributed by atoms with Crippen molar-refractivity contribution in [3.8, 4) is 0 Å². The second-order valence-electron chi connectivity index (χ2n) is 6.02. The minimum atomic E-state index is -0.0992. The van der Waals surface area contributed by atoms with Gasteiger partial charge < -0.3 is 4.74 Å². The molecule has 0 radical (unpaired) electrons. The lowest BCUT2D eigenvalue weighted by Gasteiger charge is -2.37. The van der Waals surface area contributed by atoms with Gasteiger partial charge in [0.25, 0.3) is 0 Å². The van der Waals surface area contributed by atoms with Crippen LogP contribution in [0.3, 0.4) is 0 Å². The first-order chi connectivity index (χ1) is 11.3. The standard InChI is InChI=1S/C20H23NO2/c1-16(20(22)18-10-6-3-7-11-18)19(17-8-4-2-5-9-17)21-12-14-23-15-13-21/h2-11,16,19H,12-15H2,1H3/t16-,19+/m1/s1. The SMILES string of the molecule is C[C@@H](C(=O)c1ccccc1)[C@@H](c1ccccc1)N1CCOCC1. The van der Waals surface area contributed by atoms with Crippen molar-refractivity contribution in [2.24, 2.45) is 5.92 Å². The van der Waals surface area contributed by atoms with Crippen molar-refractivity contribution < 1.29 is 9.53 Å². The zero-order valence-electron chi connectivity index (χ0n) is 13.5. The Morgan fingerprint density at radius 2 is 1.52 bits per heavy atom. The van der Waals surface area contributed by atoms with E-state index in [1.165, 1.54) is 5.56 Å². The molecule has 2 aromatic rings. The highest BCUT2D eigenvalue weighted by molar-refractivity contribution is 5.98. The van der Waals surface area contributed by atoms with Gasteiger partial charge in [0.1, 0.15) is 0 Å². The Kier molecular flexibility index (Phi) is 5.21. The number of rotatable bonds is 5. The van der Waals surface area contributed by atoms with E-state index in [0.717, 1.165) is 31.9 Å². The van der Waals surface area contributed by atoms with E-state index in [9.17, 15) is 4.79 Å². The molecule has 120 valence electrons. The predicted octanol–water partition coefficient (Wildman–Crippen LogP) is 3.58. The number of carbonyl (C=O) groups is 1. The van der Waals surface area contributed by atoms with Crippen LogP contribution in [0.25, 0.3) is 0 Å². The first-order valence-corrected chi connectivity index (χ1v) is 8.23. The van der Waals surface area contributed by atoms with Crippen LogP contribution in [-0.2, 0) is 4.74 Å². The molecule has 0 N–H and O–H groups in total. The summed E-state index contributed by atoms with van der Waals surface area (Å²) in [5, 5.41) is 0. The monoisotopic (exact) mass is 309 g/mol. The third kappa shape index (κ3) is 3.69. The number of Topliss-reactive ketones (excluding diaryl/α,β-unsaturated/α-hetero) is 1. The summed E-state index contributed by atoms with van der Waals surface area (Å²) in [6.07, 6.45) is 0. The van der Waals surface area contributed by atoms with Crippen LogP contribution in [0.1, 0.15) is 28.9 Å². The van der Waals surface area contributed by atoms with Crippen molar-refractivity contribution in [1.82, 2.24) is 4.90 Å². The maximum Gasteiger partial charge on any atom is 0.167 e. The zero-order chi connectivity index (χ0) is 16.1. The van der Waals surface area contributed by atoms with E-state index >= 15 is 0 Å². The minimum absolute atomic E-state index is 0.0906. The highest BCUT2D eigenvalue weighted by Gasteiger charge is 2.32. The van der Waals surface area contributed by atoms with Gasteiger partial charge in [-0.25, -0.2) is 0 Å². The summed E-state index contributed by atoms with van der Waals surface area (Å²) in [4.78, 5) is 15.3. The van der Waals surface area contributed by atoms with Gasteiger partial charge in [-0.3, -0.25) is 9.69 Å². The summed E-state index contributed by atoms with van der Waals surface area (Å²) >= 11 is 0. The number of morpholine rings is 1. The van der Waals surface area contributed by atoms with Crippen LogP contribution in [0.15, 0.2) is 60.7 Å². The second kappa shape index (κ2) is 7.53. The van der Waals surface area contributed by atoms with Gasteiger partial charge in [0, 0.05) is 30.6 Å². The molecule has 0 unspecified atom stereocenters. The summed E-state index contributed by atoms with van der Waals surface area (Å²) in [6, 6.07) is 20.0. The molecule has 0 bridgehead atoms. The van der Waals surface area contributed by atoms with Gasteiger partial charge in [-0.1, -0.05) is 67.6 Å². The van der Waals surface area contributed by atoms with Gasteiger partial charge in [0.05, 0.1) is 13.2 Å². The molecule has 3 heteroatoms. The Hall–Kier alpha value is -1.97. The largest absolute Gasteiger partial charge is 0.379 e. The lowest BCUT2D eigenvalue weighted by molar-refractivity contribution is 0.00491. The van der Waals surface area contributed by atoms with Crippen molar-refractivity contribution in [1.29, 1.82) is 0 Å². The molecule has 3 nitrogen and oxygen atoms in total. The van der Waals surface area contributed by atoms with Crippen LogP contribution >= 0.6 is 0 Å². The van der Waals surface area contributed by atoms with Gasteiger partial charge in [-0.15, -0.1) is 0 Å². The van der Waals surface area contributed by atoms with Crippen molar-refractivity contribution >= 4 is 5.78 Å². The quantitative estimate of drug-likeness (QED) is 0.791. The number of nitrogens with zero attached hydrogens (tertiary/aromatic N) is 1. The van der Waals surface area contributed by atoms with E-state index < -0.39 is 0 Å². The van der Waals surface area contributed by atoms with Crippen LogP contribution in [0.4, 0.5) is 0 Å². The first-order valence-electron chi connectivity index (χ1n) is 8.23. The average Bonchev–Trinajstić information content (AvgIpc) is 2.64. The summed E-state index contributed by atoms with van der Waals surface area (Å²) in [6.45, 7) is 5.24. The smallest absolute Gasteiger partial charge is 0.167 e. The molecular weight excluding hydrogens is 286 g/mol. The normalized spacial score (nSPS) is 18.3. The van der Waals surface area contributed by atoms with Crippen molar-refractivity contribution in [3.63, 3.8) is 0 Å². The van der Waals surface area contributed by atoms with E-state index in [4.69, 9.17) is 4.74 Å². The molecule has 1 saturated heterocycles. The zero-order valence-corrected chi connectivity index (χ0v) is 13.5. The van der Waals surface area contributed by atoms with Crippen molar-refractivity contribution in [2.45, 2.75) is 13.0 Å². The molecule has 0 amide bonds. The Labute approximate surface area is 137 Å². The van der Waals surface area contributed by atoms with Gasteiger partial charge in [0.2, 0.25) is 0 Å². The fourth-order valence-corrected chi connectivity index (χ4v) is 3.33. The molecule has 1 fully saturated rings. The molecule has 0 aromatic heterocycles.